The lowest BCUT2D eigenvalue weighted by Gasteiger charge is -2.05. The third-order valence-corrected chi connectivity index (χ3v) is 2.49. The van der Waals surface area contributed by atoms with Gasteiger partial charge < -0.3 is 4.72 Å². The van der Waals surface area contributed by atoms with Gasteiger partial charge in [0.2, 0.25) is 0 Å². The smallest absolute Gasteiger partial charge is 0.0690 e. The standard InChI is InChI=1S/C6H12.C2H6NO2S/c1-2-4-6-5-3-1;1-3-6(2,4)5/h1-6H2;1-2H3/q;-1. The first-order chi connectivity index (χ1) is 5.56. The molecule has 1 aliphatic rings. The maximum Gasteiger partial charge on any atom is 0.0690 e. The van der Waals surface area contributed by atoms with Gasteiger partial charge in [-0.05, 0) is 0 Å². The zero-order valence-electron chi connectivity index (χ0n) is 7.91. The second-order valence-corrected chi connectivity index (χ2v) is 4.87. The molecule has 0 aromatic rings. The molecule has 0 amide bonds. The van der Waals surface area contributed by atoms with Crippen molar-refractivity contribution in [3.05, 3.63) is 4.72 Å². The molecule has 1 rings (SSSR count). The van der Waals surface area contributed by atoms with Gasteiger partial charge in [-0.15, -0.1) is 0 Å². The van der Waals surface area contributed by atoms with Gasteiger partial charge in [-0.2, -0.15) is 7.05 Å². The number of hydrogen-bond donors (Lipinski definition) is 0. The van der Waals surface area contributed by atoms with E-state index in [-0.39, 0.29) is 0 Å². The van der Waals surface area contributed by atoms with E-state index in [0.717, 1.165) is 6.26 Å². The summed E-state index contributed by atoms with van der Waals surface area (Å²) in [6.07, 6.45) is 10.0. The maximum absolute atomic E-state index is 9.83. The molecule has 0 radical (unpaired) electrons. The van der Waals surface area contributed by atoms with Gasteiger partial charge in [-0.1, -0.05) is 38.5 Å². The van der Waals surface area contributed by atoms with E-state index in [2.05, 4.69) is 4.72 Å². The van der Waals surface area contributed by atoms with Gasteiger partial charge in [0.1, 0.15) is 0 Å². The highest BCUT2D eigenvalue weighted by Crippen LogP contribution is 2.15. The van der Waals surface area contributed by atoms with Gasteiger partial charge in [-0.25, -0.2) is 8.42 Å². The van der Waals surface area contributed by atoms with Gasteiger partial charge >= 0.3 is 0 Å². The van der Waals surface area contributed by atoms with Crippen molar-refractivity contribution >= 4 is 10.0 Å². The Morgan fingerprint density at radius 3 is 1.17 bits per heavy atom. The molecule has 0 aromatic carbocycles. The number of nitrogens with zero attached hydrogens (tertiary/aromatic N) is 1. The molecule has 0 saturated heterocycles. The van der Waals surface area contributed by atoms with Crippen LogP contribution in [0.25, 0.3) is 4.72 Å². The fourth-order valence-electron chi connectivity index (χ4n) is 1.06. The molecule has 12 heavy (non-hydrogen) atoms. The Hall–Kier alpha value is -0.0900. The van der Waals surface area contributed by atoms with E-state index in [1.54, 1.807) is 0 Å². The highest BCUT2D eigenvalue weighted by atomic mass is 32.2. The predicted molar refractivity (Wildman–Crippen MR) is 51.8 cm³/mol. The molecular weight excluding hydrogens is 174 g/mol. The lowest BCUT2D eigenvalue weighted by Crippen LogP contribution is -1.88. The van der Waals surface area contributed by atoms with E-state index < -0.39 is 10.0 Å². The molecule has 0 bridgehead atoms. The average molecular weight is 192 g/mol. The van der Waals surface area contributed by atoms with Crippen LogP contribution in [0.15, 0.2) is 0 Å². The normalized spacial score (nSPS) is 17.8. The molecular formula is C8H18NO2S-. The number of sulfonamides is 1. The van der Waals surface area contributed by atoms with Crippen molar-refractivity contribution in [2.45, 2.75) is 38.5 Å². The summed E-state index contributed by atoms with van der Waals surface area (Å²) in [5.41, 5.74) is 0. The van der Waals surface area contributed by atoms with Gasteiger partial charge in [0.25, 0.3) is 0 Å². The topological polar surface area (TPSA) is 48.2 Å². The molecule has 0 aliphatic heterocycles. The zero-order chi connectivity index (χ0) is 9.45. The van der Waals surface area contributed by atoms with Crippen molar-refractivity contribution < 1.29 is 8.42 Å². The SMILES string of the molecule is C1CCCCC1.C[N-]S(C)(=O)=O. The Labute approximate surface area is 75.6 Å². The van der Waals surface area contributed by atoms with Crippen LogP contribution in [-0.2, 0) is 10.0 Å². The summed E-state index contributed by atoms with van der Waals surface area (Å²) in [4.78, 5) is 0. The average Bonchev–Trinajstić information content (AvgIpc) is 2.07. The van der Waals surface area contributed by atoms with Crippen molar-refractivity contribution in [3.8, 4) is 0 Å². The van der Waals surface area contributed by atoms with E-state index in [9.17, 15) is 8.42 Å². The molecule has 0 N–H and O–H groups in total. The Kier molecular flexibility index (Phi) is 6.38. The van der Waals surface area contributed by atoms with Crippen LogP contribution in [0, 0.1) is 0 Å². The third-order valence-electron chi connectivity index (χ3n) is 1.83. The lowest BCUT2D eigenvalue weighted by atomic mass is 10.0. The molecule has 4 heteroatoms. The maximum atomic E-state index is 9.83. The Morgan fingerprint density at radius 1 is 0.917 bits per heavy atom. The minimum atomic E-state index is -3.04. The number of hydrogen-bond acceptors (Lipinski definition) is 2. The minimum absolute atomic E-state index is 1.05. The summed E-state index contributed by atoms with van der Waals surface area (Å²) < 4.78 is 22.7. The second-order valence-electron chi connectivity index (χ2n) is 3.04. The minimum Gasteiger partial charge on any atom is -0.552 e. The van der Waals surface area contributed by atoms with E-state index in [0.29, 0.717) is 0 Å². The van der Waals surface area contributed by atoms with Gasteiger partial charge in [0, 0.05) is 6.26 Å². The van der Waals surface area contributed by atoms with Crippen molar-refractivity contribution in [1.29, 1.82) is 0 Å². The highest BCUT2D eigenvalue weighted by Gasteiger charge is 1.95. The molecule has 0 unspecified atom stereocenters. The lowest BCUT2D eigenvalue weighted by molar-refractivity contribution is 0.504. The first kappa shape index (κ1) is 11.9. The van der Waals surface area contributed by atoms with Gasteiger partial charge in [-0.3, -0.25) is 0 Å². The van der Waals surface area contributed by atoms with Crippen LogP contribution < -0.4 is 0 Å². The molecule has 0 spiro atoms. The molecule has 1 fully saturated rings. The Balaban J connectivity index is 0.000000202. The van der Waals surface area contributed by atoms with Gasteiger partial charge in [0.15, 0.2) is 0 Å². The zero-order valence-corrected chi connectivity index (χ0v) is 8.73. The molecule has 3 nitrogen and oxygen atoms in total. The van der Waals surface area contributed by atoms with Gasteiger partial charge in [0.05, 0.1) is 10.0 Å². The molecule has 0 atom stereocenters. The molecule has 0 aromatic heterocycles. The fourth-order valence-corrected chi connectivity index (χ4v) is 1.06. The second kappa shape index (κ2) is 6.43. The summed E-state index contributed by atoms with van der Waals surface area (Å²) >= 11 is 0. The molecule has 1 saturated carbocycles. The van der Waals surface area contributed by atoms with Crippen molar-refractivity contribution in [2.75, 3.05) is 13.3 Å². The largest absolute Gasteiger partial charge is 0.552 e. The van der Waals surface area contributed by atoms with Crippen LogP contribution in [0.2, 0.25) is 0 Å². The molecule has 1 aliphatic carbocycles. The summed E-state index contributed by atoms with van der Waals surface area (Å²) in [5.74, 6) is 0. The third kappa shape index (κ3) is 9.91. The monoisotopic (exact) mass is 192 g/mol. The van der Waals surface area contributed by atoms with E-state index in [1.165, 1.54) is 45.6 Å². The fraction of sp³-hybridized carbons (Fsp3) is 1.00. The van der Waals surface area contributed by atoms with E-state index in [4.69, 9.17) is 0 Å². The summed E-state index contributed by atoms with van der Waals surface area (Å²) in [6, 6.07) is 0. The van der Waals surface area contributed by atoms with Crippen LogP contribution >= 0.6 is 0 Å². The van der Waals surface area contributed by atoms with Crippen LogP contribution in [0.3, 0.4) is 0 Å². The van der Waals surface area contributed by atoms with Crippen molar-refractivity contribution in [2.24, 2.45) is 0 Å². The van der Waals surface area contributed by atoms with Crippen LogP contribution in [0.5, 0.6) is 0 Å². The van der Waals surface area contributed by atoms with E-state index in [1.807, 2.05) is 0 Å². The first-order valence-corrected chi connectivity index (χ1v) is 6.22. The quantitative estimate of drug-likeness (QED) is 0.640. The summed E-state index contributed by atoms with van der Waals surface area (Å²) in [7, 11) is -1.79. The Morgan fingerprint density at radius 2 is 1.08 bits per heavy atom. The molecule has 74 valence electrons. The van der Waals surface area contributed by atoms with Crippen molar-refractivity contribution in [3.63, 3.8) is 0 Å². The molecule has 0 heterocycles. The summed E-state index contributed by atoms with van der Waals surface area (Å²) in [5, 5.41) is 0. The summed E-state index contributed by atoms with van der Waals surface area (Å²) in [6.45, 7) is 0. The van der Waals surface area contributed by atoms with Crippen molar-refractivity contribution in [1.82, 2.24) is 0 Å². The first-order valence-electron chi connectivity index (χ1n) is 4.37. The van der Waals surface area contributed by atoms with Crippen LogP contribution in [0.4, 0.5) is 0 Å². The highest BCUT2D eigenvalue weighted by molar-refractivity contribution is 7.93. The Bertz CT molecular complexity index is 172. The predicted octanol–water partition coefficient (Wildman–Crippen LogP) is 2.29. The van der Waals surface area contributed by atoms with Crippen LogP contribution in [0.1, 0.15) is 38.5 Å². The number of rotatable bonds is 1. The van der Waals surface area contributed by atoms with Crippen LogP contribution in [-0.4, -0.2) is 21.7 Å². The van der Waals surface area contributed by atoms with E-state index >= 15 is 0 Å².